The van der Waals surface area contributed by atoms with Crippen LogP contribution in [0.1, 0.15) is 6.92 Å². The van der Waals surface area contributed by atoms with Gasteiger partial charge in [-0.15, -0.1) is 0 Å². The van der Waals surface area contributed by atoms with E-state index >= 15 is 0 Å². The molecule has 0 amide bonds. The first kappa shape index (κ1) is 7.27. The predicted molar refractivity (Wildman–Crippen MR) is 34.7 cm³/mol. The van der Waals surface area contributed by atoms with E-state index in [0.717, 1.165) is 0 Å². The van der Waals surface area contributed by atoms with Gasteiger partial charge in [0.2, 0.25) is 0 Å². The lowest BCUT2D eigenvalue weighted by Crippen LogP contribution is -1.96. The smallest absolute Gasteiger partial charge is 0.103 e. The van der Waals surface area contributed by atoms with Crippen LogP contribution in [-0.2, 0) is 0 Å². The average Bonchev–Trinajstić information content (AvgIpc) is 1.68. The summed E-state index contributed by atoms with van der Waals surface area (Å²) in [6, 6.07) is 0.130. The summed E-state index contributed by atoms with van der Waals surface area (Å²) in [6.45, 7) is 1.93. The molecule has 8 heavy (non-hydrogen) atoms. The van der Waals surface area contributed by atoms with E-state index in [1.807, 2.05) is 6.92 Å². The third-order valence-electron chi connectivity index (χ3n) is 0.662. The number of nitrogens with zero attached hydrogens (tertiary/aromatic N) is 3. The summed E-state index contributed by atoms with van der Waals surface area (Å²) in [5.74, 6) is 0. The molecular weight excluding hydrogens is 102 g/mol. The number of hydrogen-bond acceptors (Lipinski definition) is 3. The molecule has 0 radical (unpaired) electrons. The fourth-order valence-electron chi connectivity index (χ4n) is 0.428. The summed E-state index contributed by atoms with van der Waals surface area (Å²) in [7, 11) is 3.38. The highest BCUT2D eigenvalue weighted by Gasteiger charge is 1.87. The Morgan fingerprint density at radius 1 is 1.38 bits per heavy atom. The predicted octanol–water partition coefficient (Wildman–Crippen LogP) is 1.16. The zero-order valence-corrected chi connectivity index (χ0v) is 5.50. The van der Waals surface area contributed by atoms with E-state index in [1.54, 1.807) is 20.3 Å². The van der Waals surface area contributed by atoms with Crippen molar-refractivity contribution in [1.29, 1.82) is 0 Å². The first-order valence-electron chi connectivity index (χ1n) is 2.52. The van der Waals surface area contributed by atoms with Crippen molar-refractivity contribution in [1.82, 2.24) is 0 Å². The second-order valence-corrected chi connectivity index (χ2v) is 1.46. The summed E-state index contributed by atoms with van der Waals surface area (Å²) in [6.07, 6.45) is 1.74. The van der Waals surface area contributed by atoms with Crippen molar-refractivity contribution in [2.45, 2.75) is 13.0 Å². The number of aliphatic imine (C=N–C) groups is 1. The zero-order valence-electron chi connectivity index (χ0n) is 5.50. The molecule has 0 heterocycles. The largest absolute Gasteiger partial charge is 0.299 e. The molecule has 0 N–H and O–H groups in total. The minimum atomic E-state index is 0.130. The second-order valence-electron chi connectivity index (χ2n) is 1.46. The Bertz CT molecular complexity index is 83.8. The molecule has 1 unspecified atom stereocenters. The lowest BCUT2D eigenvalue weighted by molar-refractivity contribution is 0.885. The van der Waals surface area contributed by atoms with E-state index in [1.165, 1.54) is 0 Å². The van der Waals surface area contributed by atoms with Crippen LogP contribution in [0.4, 0.5) is 0 Å². The van der Waals surface area contributed by atoms with Crippen molar-refractivity contribution in [2.24, 2.45) is 15.2 Å². The fraction of sp³-hybridized carbons (Fsp3) is 0.800. The Morgan fingerprint density at radius 3 is 2.38 bits per heavy atom. The molecule has 0 aromatic heterocycles. The molecule has 0 aliphatic heterocycles. The highest BCUT2D eigenvalue weighted by atomic mass is 15.1. The van der Waals surface area contributed by atoms with Crippen LogP contribution in [0.3, 0.4) is 0 Å². The Balaban J connectivity index is 3.47. The third kappa shape index (κ3) is 3.46. The van der Waals surface area contributed by atoms with Gasteiger partial charge in [-0.25, -0.2) is 0 Å². The molecule has 46 valence electrons. The van der Waals surface area contributed by atoms with Crippen molar-refractivity contribution in [3.8, 4) is 0 Å². The minimum Gasteiger partial charge on any atom is -0.299 e. The maximum Gasteiger partial charge on any atom is 0.103 e. The van der Waals surface area contributed by atoms with Gasteiger partial charge >= 0.3 is 0 Å². The quantitative estimate of drug-likeness (QED) is 0.380. The number of hydrogen-bond donors (Lipinski definition) is 0. The molecule has 0 saturated heterocycles. The molecule has 0 aliphatic rings. The topological polar surface area (TPSA) is 37.1 Å². The summed E-state index contributed by atoms with van der Waals surface area (Å²) in [5.41, 5.74) is 0. The summed E-state index contributed by atoms with van der Waals surface area (Å²) >= 11 is 0. The highest BCUT2D eigenvalue weighted by molar-refractivity contribution is 5.63. The molecule has 0 rings (SSSR count). The maximum absolute atomic E-state index is 3.79. The highest BCUT2D eigenvalue weighted by Crippen LogP contribution is 1.83. The van der Waals surface area contributed by atoms with Gasteiger partial charge in [-0.1, -0.05) is 0 Å². The molecule has 0 aromatic rings. The van der Waals surface area contributed by atoms with Crippen LogP contribution in [0.5, 0.6) is 0 Å². The molecule has 0 spiro atoms. The second kappa shape index (κ2) is 4.43. The van der Waals surface area contributed by atoms with E-state index in [9.17, 15) is 0 Å². The van der Waals surface area contributed by atoms with Crippen LogP contribution < -0.4 is 0 Å². The number of rotatable bonds is 2. The molecule has 0 aromatic carbocycles. The van der Waals surface area contributed by atoms with Crippen molar-refractivity contribution < 1.29 is 0 Å². The van der Waals surface area contributed by atoms with Gasteiger partial charge in [-0.2, -0.15) is 10.2 Å². The van der Waals surface area contributed by atoms with E-state index < -0.39 is 0 Å². The van der Waals surface area contributed by atoms with E-state index in [2.05, 4.69) is 15.2 Å². The molecule has 0 fully saturated rings. The molecule has 3 nitrogen and oxygen atoms in total. The van der Waals surface area contributed by atoms with Crippen LogP contribution >= 0.6 is 0 Å². The van der Waals surface area contributed by atoms with Crippen molar-refractivity contribution in [3.63, 3.8) is 0 Å². The molecule has 3 heteroatoms. The monoisotopic (exact) mass is 113 g/mol. The molecule has 1 atom stereocenters. The zero-order chi connectivity index (χ0) is 6.41. The average molecular weight is 113 g/mol. The molecule has 0 aliphatic carbocycles. The van der Waals surface area contributed by atoms with Crippen LogP contribution in [-0.4, -0.2) is 26.4 Å². The van der Waals surface area contributed by atoms with Crippen LogP contribution in [0.2, 0.25) is 0 Å². The summed E-state index contributed by atoms with van der Waals surface area (Å²) < 4.78 is 0. The van der Waals surface area contributed by atoms with Crippen molar-refractivity contribution in [2.75, 3.05) is 14.1 Å². The lowest BCUT2D eigenvalue weighted by atomic mass is 10.4. The lowest BCUT2D eigenvalue weighted by Gasteiger charge is -1.90. The molecule has 0 saturated carbocycles. The SMILES string of the molecule is CN=CC(C)N=NC. The van der Waals surface area contributed by atoms with Gasteiger partial charge in [0.15, 0.2) is 0 Å². The van der Waals surface area contributed by atoms with Gasteiger partial charge in [0, 0.05) is 20.3 Å². The van der Waals surface area contributed by atoms with Gasteiger partial charge in [-0.05, 0) is 6.92 Å². The van der Waals surface area contributed by atoms with Crippen molar-refractivity contribution >= 4 is 6.21 Å². The van der Waals surface area contributed by atoms with Gasteiger partial charge < -0.3 is 0 Å². The third-order valence-corrected chi connectivity index (χ3v) is 0.662. The normalized spacial score (nSPS) is 15.9. The van der Waals surface area contributed by atoms with E-state index in [-0.39, 0.29) is 6.04 Å². The van der Waals surface area contributed by atoms with Crippen molar-refractivity contribution in [3.05, 3.63) is 0 Å². The Kier molecular flexibility index (Phi) is 4.03. The summed E-state index contributed by atoms with van der Waals surface area (Å²) in [4.78, 5) is 3.78. The van der Waals surface area contributed by atoms with Gasteiger partial charge in [0.05, 0.1) is 0 Å². The van der Waals surface area contributed by atoms with E-state index in [4.69, 9.17) is 0 Å². The summed E-state index contributed by atoms with van der Waals surface area (Å²) in [5, 5.41) is 7.38. The van der Waals surface area contributed by atoms with Gasteiger partial charge in [0.1, 0.15) is 6.04 Å². The van der Waals surface area contributed by atoms with Gasteiger partial charge in [-0.3, -0.25) is 4.99 Å². The Labute approximate surface area is 49.5 Å². The van der Waals surface area contributed by atoms with Crippen LogP contribution in [0.15, 0.2) is 15.2 Å². The Morgan fingerprint density at radius 2 is 2.00 bits per heavy atom. The molecular formula is C5H11N3. The number of azo groups is 1. The van der Waals surface area contributed by atoms with Crippen LogP contribution in [0, 0.1) is 0 Å². The first-order valence-corrected chi connectivity index (χ1v) is 2.52. The molecule has 0 bridgehead atoms. The van der Waals surface area contributed by atoms with E-state index in [0.29, 0.717) is 0 Å². The first-order chi connectivity index (χ1) is 3.81. The van der Waals surface area contributed by atoms with Crippen LogP contribution in [0.25, 0.3) is 0 Å². The minimum absolute atomic E-state index is 0.130. The fourth-order valence-corrected chi connectivity index (χ4v) is 0.428. The Hall–Kier alpha value is -0.730. The maximum atomic E-state index is 3.79. The standard InChI is InChI=1S/C5H11N3/c1-5(4-6-2)8-7-3/h4-5H,1-3H3. The van der Waals surface area contributed by atoms with Gasteiger partial charge in [0.25, 0.3) is 0 Å².